The van der Waals surface area contributed by atoms with Crippen LogP contribution in [0.2, 0.25) is 0 Å². The van der Waals surface area contributed by atoms with Crippen molar-refractivity contribution >= 4 is 21.7 Å². The molecule has 0 heterocycles. The van der Waals surface area contributed by atoms with Gasteiger partial charge in [0.25, 0.3) is 10.0 Å². The largest absolute Gasteiger partial charge is 0.497 e. The highest BCUT2D eigenvalue weighted by Crippen LogP contribution is 2.22. The van der Waals surface area contributed by atoms with E-state index < -0.39 is 26.7 Å². The number of sulfonamides is 1. The number of anilines is 1. The van der Waals surface area contributed by atoms with E-state index >= 15 is 0 Å². The summed E-state index contributed by atoms with van der Waals surface area (Å²) in [5.41, 5.74) is 1.19. The number of benzene rings is 3. The van der Waals surface area contributed by atoms with E-state index in [9.17, 15) is 17.6 Å². The summed E-state index contributed by atoms with van der Waals surface area (Å²) < 4.78 is 51.9. The van der Waals surface area contributed by atoms with Crippen LogP contribution < -0.4 is 9.46 Å². The van der Waals surface area contributed by atoms with Crippen LogP contribution in [0.25, 0.3) is 0 Å². The molecule has 0 amide bonds. The first-order valence-electron chi connectivity index (χ1n) is 8.95. The maximum absolute atomic E-state index is 14.3. The van der Waals surface area contributed by atoms with Gasteiger partial charge in [0.2, 0.25) is 0 Å². The lowest BCUT2D eigenvalue weighted by Crippen LogP contribution is -2.16. The Hall–Kier alpha value is -3.90. The van der Waals surface area contributed by atoms with E-state index in [1.165, 1.54) is 19.2 Å². The van der Waals surface area contributed by atoms with Crippen molar-refractivity contribution < 1.29 is 27.1 Å². The van der Waals surface area contributed by atoms with Gasteiger partial charge >= 0.3 is 5.97 Å². The van der Waals surface area contributed by atoms with E-state index in [0.29, 0.717) is 16.9 Å². The lowest BCUT2D eigenvalue weighted by molar-refractivity contribution is 0.0472. The standard InChI is InChI=1S/C22H17FN2O5S/c1-29-19-9-7-18(8-10-19)25-31(27,28)21-12-17(6-11-20(21)23)22(26)30-14-16-4-2-15(13-24)3-5-16/h2-12,25H,14H2,1H3. The summed E-state index contributed by atoms with van der Waals surface area (Å²) in [5, 5.41) is 8.80. The van der Waals surface area contributed by atoms with Crippen LogP contribution in [0.3, 0.4) is 0 Å². The molecule has 1 N–H and O–H groups in total. The third kappa shape index (κ3) is 5.38. The van der Waals surface area contributed by atoms with E-state index in [2.05, 4.69) is 4.72 Å². The van der Waals surface area contributed by atoms with Gasteiger partial charge in [-0.2, -0.15) is 5.26 Å². The molecule has 0 aliphatic carbocycles. The predicted molar refractivity (Wildman–Crippen MR) is 110 cm³/mol. The molecule has 0 saturated carbocycles. The smallest absolute Gasteiger partial charge is 0.338 e. The first kappa shape index (κ1) is 21.8. The fraction of sp³-hybridized carbons (Fsp3) is 0.0909. The highest BCUT2D eigenvalue weighted by atomic mass is 32.2. The molecule has 3 aromatic rings. The average molecular weight is 440 g/mol. The number of nitrogens with one attached hydrogen (secondary N) is 1. The molecule has 0 radical (unpaired) electrons. The molecule has 0 aliphatic rings. The topological polar surface area (TPSA) is 105 Å². The minimum absolute atomic E-state index is 0.0892. The molecule has 0 aliphatic heterocycles. The van der Waals surface area contributed by atoms with Crippen molar-refractivity contribution in [1.29, 1.82) is 5.26 Å². The van der Waals surface area contributed by atoms with Gasteiger partial charge in [-0.3, -0.25) is 4.72 Å². The molecule has 0 spiro atoms. The van der Waals surface area contributed by atoms with Crippen LogP contribution in [0, 0.1) is 17.1 Å². The van der Waals surface area contributed by atoms with E-state index in [1.54, 1.807) is 36.4 Å². The van der Waals surface area contributed by atoms with Crippen LogP contribution in [0.15, 0.2) is 71.6 Å². The third-order valence-corrected chi connectivity index (χ3v) is 5.65. The molecule has 7 nitrogen and oxygen atoms in total. The van der Waals surface area contributed by atoms with Crippen LogP contribution in [-0.4, -0.2) is 21.5 Å². The van der Waals surface area contributed by atoms with Gasteiger partial charge in [-0.1, -0.05) is 12.1 Å². The van der Waals surface area contributed by atoms with Crippen molar-refractivity contribution in [2.75, 3.05) is 11.8 Å². The first-order chi connectivity index (χ1) is 14.8. The SMILES string of the molecule is COc1ccc(NS(=O)(=O)c2cc(C(=O)OCc3ccc(C#N)cc3)ccc2F)cc1. The molecule has 0 aromatic heterocycles. The normalized spacial score (nSPS) is 10.7. The van der Waals surface area contributed by atoms with E-state index in [0.717, 1.165) is 18.2 Å². The zero-order valence-electron chi connectivity index (χ0n) is 16.3. The number of halogens is 1. The monoisotopic (exact) mass is 440 g/mol. The van der Waals surface area contributed by atoms with Gasteiger partial charge < -0.3 is 9.47 Å². The zero-order chi connectivity index (χ0) is 22.4. The lowest BCUT2D eigenvalue weighted by Gasteiger charge is -2.11. The van der Waals surface area contributed by atoms with Crippen molar-refractivity contribution in [3.63, 3.8) is 0 Å². The molecule has 31 heavy (non-hydrogen) atoms. The minimum atomic E-state index is -4.30. The van der Waals surface area contributed by atoms with E-state index in [1.807, 2.05) is 6.07 Å². The van der Waals surface area contributed by atoms with Gasteiger partial charge in [-0.05, 0) is 60.2 Å². The average Bonchev–Trinajstić information content (AvgIpc) is 2.78. The van der Waals surface area contributed by atoms with Crippen LogP contribution in [0.1, 0.15) is 21.5 Å². The second-order valence-corrected chi connectivity index (χ2v) is 8.01. The van der Waals surface area contributed by atoms with Gasteiger partial charge in [0.05, 0.1) is 24.3 Å². The Bertz CT molecular complexity index is 1230. The molecule has 3 aromatic carbocycles. The Morgan fingerprint density at radius 2 is 1.74 bits per heavy atom. The maximum Gasteiger partial charge on any atom is 0.338 e. The van der Waals surface area contributed by atoms with Crippen LogP contribution >= 0.6 is 0 Å². The number of rotatable bonds is 7. The van der Waals surface area contributed by atoms with Gasteiger partial charge in [0.1, 0.15) is 23.1 Å². The van der Waals surface area contributed by atoms with Crippen molar-refractivity contribution in [2.24, 2.45) is 0 Å². The fourth-order valence-electron chi connectivity index (χ4n) is 2.61. The summed E-state index contributed by atoms with van der Waals surface area (Å²) in [4.78, 5) is 11.7. The number of carbonyl (C=O) groups is 1. The number of methoxy groups -OCH3 is 1. The molecule has 0 saturated heterocycles. The molecule has 9 heteroatoms. The third-order valence-electron chi connectivity index (χ3n) is 4.25. The number of esters is 1. The first-order valence-corrected chi connectivity index (χ1v) is 10.4. The van der Waals surface area contributed by atoms with Crippen LogP contribution in [0.5, 0.6) is 5.75 Å². The maximum atomic E-state index is 14.3. The summed E-state index contributed by atoms with van der Waals surface area (Å²) in [6.07, 6.45) is 0. The van der Waals surface area contributed by atoms with Gasteiger partial charge in [-0.25, -0.2) is 17.6 Å². The molecular formula is C22H17FN2O5S. The van der Waals surface area contributed by atoms with Gasteiger partial charge in [-0.15, -0.1) is 0 Å². The predicted octanol–water partition coefficient (Wildman–Crippen LogP) is 3.86. The van der Waals surface area contributed by atoms with Crippen molar-refractivity contribution in [2.45, 2.75) is 11.5 Å². The van der Waals surface area contributed by atoms with Crippen molar-refractivity contribution in [3.05, 3.63) is 89.2 Å². The van der Waals surface area contributed by atoms with Crippen LogP contribution in [0.4, 0.5) is 10.1 Å². The molecule has 0 bridgehead atoms. The lowest BCUT2D eigenvalue weighted by atomic mass is 10.1. The second-order valence-electron chi connectivity index (χ2n) is 6.36. The number of nitrogens with zero attached hydrogens (tertiary/aromatic N) is 1. The van der Waals surface area contributed by atoms with Crippen molar-refractivity contribution in [1.82, 2.24) is 0 Å². The van der Waals surface area contributed by atoms with Crippen LogP contribution in [-0.2, 0) is 21.4 Å². The summed E-state index contributed by atoms with van der Waals surface area (Å²) >= 11 is 0. The summed E-state index contributed by atoms with van der Waals surface area (Å²) in [6.45, 7) is -0.0892. The highest BCUT2D eigenvalue weighted by Gasteiger charge is 2.22. The number of ether oxygens (including phenoxy) is 2. The van der Waals surface area contributed by atoms with E-state index in [4.69, 9.17) is 14.7 Å². The Morgan fingerprint density at radius 3 is 2.35 bits per heavy atom. The quantitative estimate of drug-likeness (QED) is 0.559. The zero-order valence-corrected chi connectivity index (χ0v) is 17.1. The molecule has 0 atom stereocenters. The molecule has 3 rings (SSSR count). The Labute approximate surface area is 178 Å². The second kappa shape index (κ2) is 9.28. The van der Waals surface area contributed by atoms with Crippen molar-refractivity contribution in [3.8, 4) is 11.8 Å². The fourth-order valence-corrected chi connectivity index (χ4v) is 3.78. The Morgan fingerprint density at radius 1 is 1.06 bits per heavy atom. The molecule has 0 fully saturated rings. The summed E-state index contributed by atoms with van der Waals surface area (Å²) in [6, 6.07) is 17.4. The number of nitriles is 1. The van der Waals surface area contributed by atoms with Gasteiger partial charge in [0, 0.05) is 5.69 Å². The highest BCUT2D eigenvalue weighted by molar-refractivity contribution is 7.92. The Balaban J connectivity index is 1.76. The number of hydrogen-bond acceptors (Lipinski definition) is 6. The number of hydrogen-bond donors (Lipinski definition) is 1. The minimum Gasteiger partial charge on any atom is -0.497 e. The molecular weight excluding hydrogens is 423 g/mol. The summed E-state index contributed by atoms with van der Waals surface area (Å²) in [5.74, 6) is -1.30. The summed E-state index contributed by atoms with van der Waals surface area (Å²) in [7, 11) is -2.83. The molecule has 0 unspecified atom stereocenters. The van der Waals surface area contributed by atoms with Gasteiger partial charge in [0.15, 0.2) is 0 Å². The number of carbonyl (C=O) groups excluding carboxylic acids is 1. The Kier molecular flexibility index (Phi) is 6.52. The molecule has 158 valence electrons. The van der Waals surface area contributed by atoms with E-state index in [-0.39, 0.29) is 17.9 Å².